The topological polar surface area (TPSA) is 52.6 Å². The van der Waals surface area contributed by atoms with Crippen LogP contribution in [-0.4, -0.2) is 18.9 Å². The van der Waals surface area contributed by atoms with Gasteiger partial charge in [0.2, 0.25) is 0 Å². The van der Waals surface area contributed by atoms with Gasteiger partial charge in [-0.1, -0.05) is 36.4 Å². The van der Waals surface area contributed by atoms with Gasteiger partial charge < -0.3 is 9.47 Å². The van der Waals surface area contributed by atoms with Gasteiger partial charge in [0.05, 0.1) is 12.7 Å². The summed E-state index contributed by atoms with van der Waals surface area (Å²) in [4.78, 5) is 23.7. The number of carbonyl (C=O) groups excluding carboxylic acids is 2. The Balaban J connectivity index is 1.65. The summed E-state index contributed by atoms with van der Waals surface area (Å²) in [5, 5.41) is 0. The normalized spacial score (nSPS) is 10.3. The number of ether oxygens (including phenoxy) is 2. The summed E-state index contributed by atoms with van der Waals surface area (Å²) in [6.45, 7) is 1.46. The van der Waals surface area contributed by atoms with Crippen molar-refractivity contribution in [2.45, 2.75) is 13.3 Å². The minimum Gasteiger partial charge on any atom is -0.497 e. The molecule has 0 amide bonds. The molecule has 27 heavy (non-hydrogen) atoms. The molecule has 0 saturated carbocycles. The summed E-state index contributed by atoms with van der Waals surface area (Å²) >= 11 is 0. The Labute approximate surface area is 158 Å². The van der Waals surface area contributed by atoms with Crippen molar-refractivity contribution in [3.8, 4) is 11.5 Å². The second-order valence-electron chi connectivity index (χ2n) is 6.20. The van der Waals surface area contributed by atoms with Crippen molar-refractivity contribution in [2.75, 3.05) is 7.11 Å². The first kappa shape index (κ1) is 18.4. The Morgan fingerprint density at radius 3 is 1.89 bits per heavy atom. The Morgan fingerprint density at radius 1 is 0.778 bits per heavy atom. The summed E-state index contributed by atoms with van der Waals surface area (Å²) in [6.07, 6.45) is 0.777. The molecule has 0 fully saturated rings. The molecular formula is C23H20O4. The number of methoxy groups -OCH3 is 1. The average Bonchev–Trinajstić information content (AvgIpc) is 2.70. The second-order valence-corrected chi connectivity index (χ2v) is 6.20. The summed E-state index contributed by atoms with van der Waals surface area (Å²) in [5.41, 5.74) is 3.12. The van der Waals surface area contributed by atoms with Crippen LogP contribution in [0.3, 0.4) is 0 Å². The van der Waals surface area contributed by atoms with E-state index in [2.05, 4.69) is 0 Å². The number of rotatable bonds is 6. The predicted molar refractivity (Wildman–Crippen MR) is 104 cm³/mol. The number of hydrogen-bond donors (Lipinski definition) is 0. The zero-order chi connectivity index (χ0) is 19.2. The highest BCUT2D eigenvalue weighted by Gasteiger charge is 2.10. The zero-order valence-corrected chi connectivity index (χ0v) is 15.3. The Morgan fingerprint density at radius 2 is 1.33 bits per heavy atom. The molecule has 0 aliphatic heterocycles. The maximum Gasteiger partial charge on any atom is 0.343 e. The SMILES string of the molecule is COc1ccc(Cc2ccc(OC(=O)c3cccc(C(C)=O)c3)cc2)cc1. The molecule has 3 aromatic rings. The lowest BCUT2D eigenvalue weighted by Gasteiger charge is -2.07. The van der Waals surface area contributed by atoms with Crippen LogP contribution in [0, 0.1) is 0 Å². The van der Waals surface area contributed by atoms with E-state index in [-0.39, 0.29) is 5.78 Å². The molecule has 0 radical (unpaired) electrons. The van der Waals surface area contributed by atoms with Gasteiger partial charge in [-0.25, -0.2) is 4.79 Å². The third-order valence-electron chi connectivity index (χ3n) is 4.21. The molecule has 4 heteroatoms. The lowest BCUT2D eigenvalue weighted by molar-refractivity contribution is 0.0734. The molecule has 0 saturated heterocycles. The number of ketones is 1. The molecule has 136 valence electrons. The molecule has 0 aliphatic rings. The smallest absolute Gasteiger partial charge is 0.343 e. The zero-order valence-electron chi connectivity index (χ0n) is 15.3. The summed E-state index contributed by atoms with van der Waals surface area (Å²) in [7, 11) is 1.64. The first-order chi connectivity index (χ1) is 13.0. The van der Waals surface area contributed by atoms with Crippen LogP contribution >= 0.6 is 0 Å². The third kappa shape index (κ3) is 4.82. The molecule has 0 N–H and O–H groups in total. The van der Waals surface area contributed by atoms with Gasteiger partial charge >= 0.3 is 5.97 Å². The molecule has 3 aromatic carbocycles. The van der Waals surface area contributed by atoms with Crippen molar-refractivity contribution in [1.82, 2.24) is 0 Å². The highest BCUT2D eigenvalue weighted by atomic mass is 16.5. The van der Waals surface area contributed by atoms with Crippen LogP contribution in [0.25, 0.3) is 0 Å². The first-order valence-corrected chi connectivity index (χ1v) is 8.60. The number of Topliss-reactive ketones (excluding diaryl/α,β-unsaturated/α-hetero) is 1. The largest absolute Gasteiger partial charge is 0.497 e. The third-order valence-corrected chi connectivity index (χ3v) is 4.21. The van der Waals surface area contributed by atoms with Gasteiger partial charge in [0.15, 0.2) is 5.78 Å². The molecule has 0 unspecified atom stereocenters. The summed E-state index contributed by atoms with van der Waals surface area (Å²) in [6, 6.07) is 21.8. The van der Waals surface area contributed by atoms with Crippen molar-refractivity contribution < 1.29 is 19.1 Å². The van der Waals surface area contributed by atoms with E-state index in [1.54, 1.807) is 43.5 Å². The van der Waals surface area contributed by atoms with Gasteiger partial charge in [-0.2, -0.15) is 0 Å². The van der Waals surface area contributed by atoms with Crippen molar-refractivity contribution in [2.24, 2.45) is 0 Å². The molecule has 0 aromatic heterocycles. The molecule has 0 aliphatic carbocycles. The number of hydrogen-bond acceptors (Lipinski definition) is 4. The molecule has 0 bridgehead atoms. The van der Waals surface area contributed by atoms with Gasteiger partial charge in [0.25, 0.3) is 0 Å². The van der Waals surface area contributed by atoms with Crippen molar-refractivity contribution in [3.63, 3.8) is 0 Å². The van der Waals surface area contributed by atoms with Crippen molar-refractivity contribution in [1.29, 1.82) is 0 Å². The molecule has 0 spiro atoms. The van der Waals surface area contributed by atoms with Gasteiger partial charge in [-0.05, 0) is 60.9 Å². The van der Waals surface area contributed by atoms with Gasteiger partial charge in [-0.15, -0.1) is 0 Å². The number of esters is 1. The van der Waals surface area contributed by atoms with Crippen LogP contribution in [0.15, 0.2) is 72.8 Å². The van der Waals surface area contributed by atoms with E-state index in [1.807, 2.05) is 36.4 Å². The minimum atomic E-state index is -0.485. The predicted octanol–water partition coefficient (Wildman–Crippen LogP) is 4.71. The minimum absolute atomic E-state index is 0.0902. The second kappa shape index (κ2) is 8.32. The highest BCUT2D eigenvalue weighted by Crippen LogP contribution is 2.19. The fourth-order valence-electron chi connectivity index (χ4n) is 2.69. The number of carbonyl (C=O) groups is 2. The summed E-state index contributed by atoms with van der Waals surface area (Å²) in [5.74, 6) is 0.718. The van der Waals surface area contributed by atoms with Crippen LogP contribution in [0.5, 0.6) is 11.5 Å². The first-order valence-electron chi connectivity index (χ1n) is 8.60. The maximum absolute atomic E-state index is 12.3. The fourth-order valence-corrected chi connectivity index (χ4v) is 2.69. The lowest BCUT2D eigenvalue weighted by Crippen LogP contribution is -2.09. The van der Waals surface area contributed by atoms with Crippen molar-refractivity contribution in [3.05, 3.63) is 95.1 Å². The maximum atomic E-state index is 12.3. The van der Waals surface area contributed by atoms with E-state index < -0.39 is 5.97 Å². The van der Waals surface area contributed by atoms with E-state index in [0.29, 0.717) is 16.9 Å². The molecule has 4 nitrogen and oxygen atoms in total. The fraction of sp³-hybridized carbons (Fsp3) is 0.130. The van der Waals surface area contributed by atoms with Crippen LogP contribution in [-0.2, 0) is 6.42 Å². The molecule has 3 rings (SSSR count). The number of benzene rings is 3. The molecule has 0 heterocycles. The van der Waals surface area contributed by atoms with Gasteiger partial charge in [0, 0.05) is 5.56 Å². The molecule has 0 atom stereocenters. The van der Waals surface area contributed by atoms with Gasteiger partial charge in [-0.3, -0.25) is 4.79 Å². The average molecular weight is 360 g/mol. The quantitative estimate of drug-likeness (QED) is 0.363. The van der Waals surface area contributed by atoms with Gasteiger partial charge in [0.1, 0.15) is 11.5 Å². The van der Waals surface area contributed by atoms with E-state index in [1.165, 1.54) is 12.5 Å². The van der Waals surface area contributed by atoms with Crippen LogP contribution < -0.4 is 9.47 Å². The standard InChI is InChI=1S/C23H20O4/c1-16(24)19-4-3-5-20(15-19)23(25)27-22-12-8-18(9-13-22)14-17-6-10-21(26-2)11-7-17/h3-13,15H,14H2,1-2H3. The van der Waals surface area contributed by atoms with Crippen molar-refractivity contribution >= 4 is 11.8 Å². The summed E-state index contributed by atoms with van der Waals surface area (Å²) < 4.78 is 10.6. The Bertz CT molecular complexity index is 941. The Hall–Kier alpha value is -3.40. The van der Waals surface area contributed by atoms with E-state index >= 15 is 0 Å². The monoisotopic (exact) mass is 360 g/mol. The molecular weight excluding hydrogens is 340 g/mol. The highest BCUT2D eigenvalue weighted by molar-refractivity contribution is 5.98. The van der Waals surface area contributed by atoms with Crippen LogP contribution in [0.2, 0.25) is 0 Å². The van der Waals surface area contributed by atoms with Crippen LogP contribution in [0.1, 0.15) is 38.8 Å². The van der Waals surface area contributed by atoms with E-state index in [0.717, 1.165) is 17.7 Å². The lowest BCUT2D eigenvalue weighted by atomic mass is 10.0. The van der Waals surface area contributed by atoms with E-state index in [4.69, 9.17) is 9.47 Å². The Kier molecular flexibility index (Phi) is 5.67. The van der Waals surface area contributed by atoms with E-state index in [9.17, 15) is 9.59 Å². The van der Waals surface area contributed by atoms with Crippen LogP contribution in [0.4, 0.5) is 0 Å².